The molecule has 0 unspecified atom stereocenters. The summed E-state index contributed by atoms with van der Waals surface area (Å²) in [6.45, 7) is 0. The zero-order valence-corrected chi connectivity index (χ0v) is 15.7. The first-order valence-corrected chi connectivity index (χ1v) is 8.32. The van der Waals surface area contributed by atoms with Crippen molar-refractivity contribution in [3.05, 3.63) is 67.6 Å². The highest BCUT2D eigenvalue weighted by molar-refractivity contribution is 9.10. The third-order valence-corrected chi connectivity index (χ3v) is 4.36. The fourth-order valence-electron chi connectivity index (χ4n) is 1.78. The first-order valence-electron chi connectivity index (χ1n) is 6.74. The van der Waals surface area contributed by atoms with Gasteiger partial charge in [-0.15, -0.1) is 0 Å². The number of halogens is 8. The van der Waals surface area contributed by atoms with Crippen LogP contribution in [0.3, 0.4) is 0 Å². The van der Waals surface area contributed by atoms with Gasteiger partial charge in [0.15, 0.2) is 0 Å². The van der Waals surface area contributed by atoms with Crippen molar-refractivity contribution in [2.24, 2.45) is 0 Å². The molecule has 0 amide bonds. The minimum Gasteiger partial charge on any atom is -0.166 e. The molecule has 0 radical (unpaired) electrons. The third kappa shape index (κ3) is 5.30. The number of rotatable bonds is 0. The van der Waals surface area contributed by atoms with Gasteiger partial charge in [0, 0.05) is 20.1 Å². The van der Waals surface area contributed by atoms with E-state index in [-0.39, 0.29) is 8.95 Å². The largest absolute Gasteiger partial charge is 0.416 e. The van der Waals surface area contributed by atoms with Gasteiger partial charge in [0.1, 0.15) is 0 Å². The van der Waals surface area contributed by atoms with Crippen LogP contribution in [-0.2, 0) is 12.4 Å². The van der Waals surface area contributed by atoms with E-state index in [1.165, 1.54) is 12.1 Å². The van der Waals surface area contributed by atoms with Gasteiger partial charge in [-0.05, 0) is 80.1 Å². The summed E-state index contributed by atoms with van der Waals surface area (Å²) in [7, 11) is 0. The summed E-state index contributed by atoms with van der Waals surface area (Å²) in [6, 6.07) is 6.02. The summed E-state index contributed by atoms with van der Waals surface area (Å²) >= 11 is 6.02. The van der Waals surface area contributed by atoms with E-state index in [0.717, 1.165) is 24.3 Å². The van der Waals surface area contributed by atoms with Crippen molar-refractivity contribution in [1.82, 2.24) is 0 Å². The van der Waals surface area contributed by atoms with E-state index < -0.39 is 23.5 Å². The molecule has 0 aromatic heterocycles. The second-order valence-electron chi connectivity index (χ2n) is 4.88. The van der Waals surface area contributed by atoms with E-state index in [1.807, 2.05) is 0 Å². The Balaban J connectivity index is 2.22. The lowest BCUT2D eigenvalue weighted by atomic mass is 10.1. The Hall–Kier alpha value is -1.90. The van der Waals surface area contributed by atoms with Gasteiger partial charge in [0.25, 0.3) is 0 Å². The molecule has 2 aromatic rings. The van der Waals surface area contributed by atoms with E-state index in [1.54, 1.807) is 0 Å². The summed E-state index contributed by atoms with van der Waals surface area (Å²) in [4.78, 5) is 0. The standard InChI is InChI=1S/C18H6Br2F6/c19-15-9-13(17(21,22)23)7-5-11(15)3-1-2-4-12-6-8-14(10-16(12)20)18(24,25)26/h5-10H. The van der Waals surface area contributed by atoms with Crippen molar-refractivity contribution < 1.29 is 26.3 Å². The number of hydrogen-bond acceptors (Lipinski definition) is 0. The van der Waals surface area contributed by atoms with E-state index in [0.29, 0.717) is 11.1 Å². The maximum Gasteiger partial charge on any atom is 0.416 e. The van der Waals surface area contributed by atoms with Crippen LogP contribution in [0.5, 0.6) is 0 Å². The van der Waals surface area contributed by atoms with Crippen LogP contribution in [-0.4, -0.2) is 0 Å². The lowest BCUT2D eigenvalue weighted by Crippen LogP contribution is -2.04. The maximum absolute atomic E-state index is 12.6. The van der Waals surface area contributed by atoms with Gasteiger partial charge in [-0.3, -0.25) is 0 Å². The Bertz CT molecular complexity index is 871. The van der Waals surface area contributed by atoms with E-state index in [2.05, 4.69) is 55.5 Å². The van der Waals surface area contributed by atoms with E-state index in [9.17, 15) is 26.3 Å². The van der Waals surface area contributed by atoms with Crippen LogP contribution in [0, 0.1) is 23.7 Å². The van der Waals surface area contributed by atoms with Crippen LogP contribution in [0.15, 0.2) is 45.3 Å². The summed E-state index contributed by atoms with van der Waals surface area (Å²) < 4.78 is 75.8. The fourth-order valence-corrected chi connectivity index (χ4v) is 2.74. The normalized spacial score (nSPS) is 11.2. The number of benzene rings is 2. The van der Waals surface area contributed by atoms with Crippen LogP contribution in [0.2, 0.25) is 0 Å². The third-order valence-electron chi connectivity index (χ3n) is 3.05. The predicted molar refractivity (Wildman–Crippen MR) is 92.0 cm³/mol. The first kappa shape index (κ1) is 20.4. The van der Waals surface area contributed by atoms with Gasteiger partial charge in [0.05, 0.1) is 11.1 Å². The molecule has 0 fully saturated rings. The van der Waals surface area contributed by atoms with Crippen molar-refractivity contribution in [2.45, 2.75) is 12.4 Å². The molecule has 0 saturated heterocycles. The van der Waals surface area contributed by atoms with E-state index >= 15 is 0 Å². The van der Waals surface area contributed by atoms with Crippen LogP contribution in [0.1, 0.15) is 22.3 Å². The fraction of sp³-hybridized carbons (Fsp3) is 0.111. The highest BCUT2D eigenvalue weighted by atomic mass is 79.9. The number of alkyl halides is 6. The molecule has 2 aromatic carbocycles. The molecule has 0 aliphatic rings. The number of hydrogen-bond donors (Lipinski definition) is 0. The van der Waals surface area contributed by atoms with Gasteiger partial charge >= 0.3 is 12.4 Å². The lowest BCUT2D eigenvalue weighted by Gasteiger charge is -2.07. The highest BCUT2D eigenvalue weighted by Crippen LogP contribution is 2.33. The second kappa shape index (κ2) is 7.77. The van der Waals surface area contributed by atoms with Crippen molar-refractivity contribution >= 4 is 31.9 Å². The highest BCUT2D eigenvalue weighted by Gasteiger charge is 2.31. The monoisotopic (exact) mass is 494 g/mol. The van der Waals surface area contributed by atoms with Crippen molar-refractivity contribution in [3.8, 4) is 23.7 Å². The topological polar surface area (TPSA) is 0 Å². The average Bonchev–Trinajstić information content (AvgIpc) is 2.52. The molecule has 0 saturated carbocycles. The Morgan fingerprint density at radius 2 is 0.962 bits per heavy atom. The summed E-state index contributed by atoms with van der Waals surface area (Å²) in [5.74, 6) is 10.1. The van der Waals surface area contributed by atoms with Crippen LogP contribution < -0.4 is 0 Å². The maximum atomic E-state index is 12.6. The second-order valence-corrected chi connectivity index (χ2v) is 6.59. The first-order chi connectivity index (χ1) is 12.0. The molecule has 0 spiro atoms. The van der Waals surface area contributed by atoms with Gasteiger partial charge in [-0.2, -0.15) is 26.3 Å². The molecule has 0 atom stereocenters. The summed E-state index contributed by atoms with van der Waals surface area (Å²) in [6.07, 6.45) is -8.91. The zero-order chi connectivity index (χ0) is 19.5. The minimum atomic E-state index is -4.46. The molecule has 0 N–H and O–H groups in total. The summed E-state index contributed by atoms with van der Waals surface area (Å²) in [5, 5.41) is 0. The molecule has 0 heterocycles. The molecule has 0 bridgehead atoms. The quantitative estimate of drug-likeness (QED) is 0.283. The predicted octanol–water partition coefficient (Wildman–Crippen LogP) is 6.65. The molecule has 134 valence electrons. The van der Waals surface area contributed by atoms with E-state index in [4.69, 9.17) is 0 Å². The Labute approximate surface area is 161 Å². The van der Waals surface area contributed by atoms with Crippen LogP contribution >= 0.6 is 31.9 Å². The van der Waals surface area contributed by atoms with Gasteiger partial charge in [-0.1, -0.05) is 11.8 Å². The summed E-state index contributed by atoms with van der Waals surface area (Å²) in [5.41, 5.74) is -1.01. The van der Waals surface area contributed by atoms with Crippen LogP contribution in [0.4, 0.5) is 26.3 Å². The minimum absolute atomic E-state index is 0.164. The van der Waals surface area contributed by atoms with Gasteiger partial charge < -0.3 is 0 Å². The zero-order valence-electron chi connectivity index (χ0n) is 12.5. The van der Waals surface area contributed by atoms with Crippen molar-refractivity contribution in [3.63, 3.8) is 0 Å². The smallest absolute Gasteiger partial charge is 0.166 e. The lowest BCUT2D eigenvalue weighted by molar-refractivity contribution is -0.138. The average molecular weight is 496 g/mol. The molecule has 2 rings (SSSR count). The molecule has 26 heavy (non-hydrogen) atoms. The molecular formula is C18H6Br2F6. The Morgan fingerprint density at radius 3 is 1.23 bits per heavy atom. The van der Waals surface area contributed by atoms with Crippen molar-refractivity contribution in [2.75, 3.05) is 0 Å². The van der Waals surface area contributed by atoms with Crippen molar-refractivity contribution in [1.29, 1.82) is 0 Å². The molecule has 8 heteroatoms. The Morgan fingerprint density at radius 1 is 0.615 bits per heavy atom. The SMILES string of the molecule is FC(F)(F)c1ccc(C#CC#Cc2ccc(C(F)(F)F)cc2Br)c(Br)c1. The molecule has 0 aliphatic carbocycles. The molecule has 0 nitrogen and oxygen atoms in total. The molecule has 0 aliphatic heterocycles. The van der Waals surface area contributed by atoms with Gasteiger partial charge in [-0.25, -0.2) is 0 Å². The van der Waals surface area contributed by atoms with Gasteiger partial charge in [0.2, 0.25) is 0 Å². The molecular weight excluding hydrogens is 490 g/mol. The Kier molecular flexibility index (Phi) is 6.10. The van der Waals surface area contributed by atoms with Crippen LogP contribution in [0.25, 0.3) is 0 Å².